The first-order valence-corrected chi connectivity index (χ1v) is 20.5. The predicted octanol–water partition coefficient (Wildman–Crippen LogP) is -10.6. The number of carbonyl (C=O) groups excluding carboxylic acids is 2. The van der Waals surface area contributed by atoms with Gasteiger partial charge in [-0.25, -0.2) is 0 Å². The van der Waals surface area contributed by atoms with E-state index in [-0.39, 0.29) is 0 Å². The molecule has 5 rings (SSSR count). The molecule has 0 aromatic carbocycles. The van der Waals surface area contributed by atoms with Crippen LogP contribution in [0, 0.1) is 0 Å². The fourth-order valence-corrected chi connectivity index (χ4v) is 7.77. The van der Waals surface area contributed by atoms with Crippen molar-refractivity contribution in [2.75, 3.05) is 33.5 Å². The number of aliphatic hydroxyl groups excluding tert-OH is 14. The van der Waals surface area contributed by atoms with Gasteiger partial charge in [0.05, 0.1) is 32.5 Å². The molecule has 5 heterocycles. The third kappa shape index (κ3) is 11.6. The third-order valence-electron chi connectivity index (χ3n) is 11.6. The van der Waals surface area contributed by atoms with Crippen molar-refractivity contribution < 1.29 is 128 Å². The largest absolute Gasteiger partial charge is 0.394 e. The summed E-state index contributed by atoms with van der Waals surface area (Å²) in [6.45, 7) is 0.642. The number of hydrogen-bond donors (Lipinski definition) is 16. The summed E-state index contributed by atoms with van der Waals surface area (Å²) in [4.78, 5) is 25.3. The van der Waals surface area contributed by atoms with Gasteiger partial charge in [-0.1, -0.05) is 0 Å². The van der Waals surface area contributed by atoms with Gasteiger partial charge in [0.25, 0.3) is 0 Å². The molecule has 5 aliphatic heterocycles. The van der Waals surface area contributed by atoms with Gasteiger partial charge >= 0.3 is 0 Å². The molecule has 5 fully saturated rings. The quantitative estimate of drug-likeness (QED) is 0.0683. The van der Waals surface area contributed by atoms with Crippen molar-refractivity contribution in [3.05, 3.63) is 0 Å². The van der Waals surface area contributed by atoms with Crippen LogP contribution in [0.25, 0.3) is 0 Å². The molecular weight excluding hydrogens is 876 g/mol. The molecule has 0 unspecified atom stereocenters. The zero-order valence-corrected chi connectivity index (χ0v) is 35.0. The average molecular weight is 939 g/mol. The summed E-state index contributed by atoms with van der Waals surface area (Å²) in [5.41, 5.74) is 0. The van der Waals surface area contributed by atoms with Crippen LogP contribution in [0.2, 0.25) is 0 Å². The van der Waals surface area contributed by atoms with E-state index in [9.17, 15) is 81.1 Å². The van der Waals surface area contributed by atoms with Crippen molar-refractivity contribution in [2.24, 2.45) is 0 Å². The first-order valence-electron chi connectivity index (χ1n) is 20.5. The van der Waals surface area contributed by atoms with Crippen molar-refractivity contribution in [1.29, 1.82) is 0 Å². The van der Waals surface area contributed by atoms with E-state index in [4.69, 9.17) is 47.4 Å². The second-order valence-corrected chi connectivity index (χ2v) is 16.2. The van der Waals surface area contributed by atoms with Crippen LogP contribution in [0.5, 0.6) is 0 Å². The Balaban J connectivity index is 1.42. The Hall–Kier alpha value is -2.02. The van der Waals surface area contributed by atoms with E-state index >= 15 is 0 Å². The van der Waals surface area contributed by atoms with E-state index in [1.54, 1.807) is 0 Å². The molecule has 28 nitrogen and oxygen atoms in total. The van der Waals surface area contributed by atoms with Crippen LogP contribution in [0.1, 0.15) is 20.8 Å². The number of rotatable bonds is 16. The highest BCUT2D eigenvalue weighted by Crippen LogP contribution is 2.35. The summed E-state index contributed by atoms with van der Waals surface area (Å²) >= 11 is 0. The fraction of sp³-hybridized carbons (Fsp3) is 0.944. The topological polar surface area (TPSA) is 434 Å². The number of aliphatic hydroxyl groups is 14. The van der Waals surface area contributed by atoms with Crippen LogP contribution in [-0.4, -0.2) is 276 Å². The Kier molecular flexibility index (Phi) is 18.9. The molecule has 64 heavy (non-hydrogen) atoms. The van der Waals surface area contributed by atoms with Gasteiger partial charge in [0.2, 0.25) is 11.8 Å². The van der Waals surface area contributed by atoms with Crippen molar-refractivity contribution >= 4 is 11.8 Å². The van der Waals surface area contributed by atoms with Crippen LogP contribution in [0.4, 0.5) is 0 Å². The number of nitrogens with one attached hydrogen (secondary N) is 2. The van der Waals surface area contributed by atoms with Crippen molar-refractivity contribution in [3.8, 4) is 0 Å². The maximum absolute atomic E-state index is 13.5. The molecule has 5 saturated heterocycles. The van der Waals surface area contributed by atoms with Gasteiger partial charge in [0.1, 0.15) is 122 Å². The van der Waals surface area contributed by atoms with Crippen LogP contribution in [0.15, 0.2) is 0 Å². The van der Waals surface area contributed by atoms with E-state index in [1.165, 1.54) is 13.8 Å². The molecule has 0 aromatic rings. The SMILES string of the molecule is CO[C@H]1O[C@H](CO)[C@H](O[C@H]2O[C@H](CO[C@@H]3O[C@@H](C)[C@H](O)[C@@H](O)[C@H]3O)[C@@H](O)[C@H](O)[C@H]2O)[C@H](O[C@@H]2O[C@H](CO[C@H]3O[C@H](CO)[C@@H](O)[C@H](O)[C@H]3O)[C@@H](O)[C@H](O)[C@H]2O)[C@H]1NC(=O)[C@H](C)NC(C)=O. The predicted molar refractivity (Wildman–Crippen MR) is 199 cm³/mol. The van der Waals surface area contributed by atoms with Gasteiger partial charge in [-0.15, -0.1) is 0 Å². The summed E-state index contributed by atoms with van der Waals surface area (Å²) in [6, 6.07) is -2.81. The van der Waals surface area contributed by atoms with Gasteiger partial charge in [-0.05, 0) is 13.8 Å². The van der Waals surface area contributed by atoms with Crippen molar-refractivity contribution in [1.82, 2.24) is 10.6 Å². The van der Waals surface area contributed by atoms with Gasteiger partial charge in [0, 0.05) is 14.0 Å². The highest BCUT2D eigenvalue weighted by atomic mass is 16.8. The normalized spacial score (nSPS) is 48.3. The Bertz CT molecular complexity index is 1490. The number of carbonyl (C=O) groups is 2. The molecular formula is C36H62N2O26. The number of hydrogen-bond acceptors (Lipinski definition) is 26. The maximum atomic E-state index is 13.5. The van der Waals surface area contributed by atoms with Gasteiger partial charge in [-0.3, -0.25) is 9.59 Å². The Morgan fingerprint density at radius 1 is 0.531 bits per heavy atom. The van der Waals surface area contributed by atoms with Gasteiger partial charge in [0.15, 0.2) is 31.5 Å². The van der Waals surface area contributed by atoms with E-state index < -0.39 is 198 Å². The monoisotopic (exact) mass is 938 g/mol. The fourth-order valence-electron chi connectivity index (χ4n) is 7.77. The zero-order chi connectivity index (χ0) is 47.5. The molecule has 0 saturated carbocycles. The lowest BCUT2D eigenvalue weighted by atomic mass is 9.94. The molecule has 0 aliphatic carbocycles. The summed E-state index contributed by atoms with van der Waals surface area (Å²) in [5.74, 6) is -1.48. The molecule has 26 atom stereocenters. The summed E-state index contributed by atoms with van der Waals surface area (Å²) in [6.07, 6.45) is -42.3. The molecule has 0 bridgehead atoms. The maximum Gasteiger partial charge on any atom is 0.242 e. The first kappa shape index (κ1) is 52.9. The molecule has 16 N–H and O–H groups in total. The Morgan fingerprint density at radius 2 is 0.938 bits per heavy atom. The standard InChI is InChI=1S/C36H62N2O26/c1-9(37-11(3)41)31(54)38-16-30(64-36-28(53)24(49)20(45)15(62-36)8-57-34-26(51)22(47)18(43)12(5-39)59-34)29(13(6-40)60-32(16)55-4)63-35-27(52)23(48)19(44)14(61-35)7-56-33-25(50)21(46)17(42)10(2)58-33/h9-10,12-30,32-36,39-40,42-53H,5-8H2,1-4H3,(H,37,41)(H,38,54)/t9-,10-,12+,13+,14+,15+,16+,17-,18+,19+,20+,21+,22-,23-,24-,25+,26+,27+,28+,29-,30+,32-,33+,34-,35+,36-/m0/s1. The van der Waals surface area contributed by atoms with E-state index in [0.717, 1.165) is 14.0 Å². The lowest BCUT2D eigenvalue weighted by Crippen LogP contribution is -2.70. The lowest BCUT2D eigenvalue weighted by Gasteiger charge is -2.50. The first-order chi connectivity index (χ1) is 30.1. The molecule has 0 spiro atoms. The molecule has 0 radical (unpaired) electrons. The third-order valence-corrected chi connectivity index (χ3v) is 11.6. The van der Waals surface area contributed by atoms with E-state index in [2.05, 4.69) is 10.6 Å². The summed E-state index contributed by atoms with van der Waals surface area (Å²) in [5, 5.41) is 152. The van der Waals surface area contributed by atoms with Crippen LogP contribution < -0.4 is 10.6 Å². The molecule has 28 heteroatoms. The van der Waals surface area contributed by atoms with Gasteiger partial charge < -0.3 is 129 Å². The smallest absolute Gasteiger partial charge is 0.242 e. The Labute approximate surface area is 364 Å². The zero-order valence-electron chi connectivity index (χ0n) is 35.0. The molecule has 2 amide bonds. The highest BCUT2D eigenvalue weighted by molar-refractivity contribution is 5.86. The van der Waals surface area contributed by atoms with Gasteiger partial charge in [-0.2, -0.15) is 0 Å². The van der Waals surface area contributed by atoms with Crippen molar-refractivity contribution in [2.45, 2.75) is 180 Å². The Morgan fingerprint density at radius 3 is 1.41 bits per heavy atom. The molecule has 372 valence electrons. The minimum atomic E-state index is -2.13. The van der Waals surface area contributed by atoms with Crippen LogP contribution in [-0.2, 0) is 57.0 Å². The highest BCUT2D eigenvalue weighted by Gasteiger charge is 2.56. The number of methoxy groups -OCH3 is 1. The average Bonchev–Trinajstić information content (AvgIpc) is 3.26. The summed E-state index contributed by atoms with van der Waals surface area (Å²) < 4.78 is 57.0. The minimum Gasteiger partial charge on any atom is -0.394 e. The number of ether oxygens (including phenoxy) is 10. The van der Waals surface area contributed by atoms with Crippen LogP contribution in [0.3, 0.4) is 0 Å². The van der Waals surface area contributed by atoms with E-state index in [0.29, 0.717) is 0 Å². The van der Waals surface area contributed by atoms with Crippen LogP contribution >= 0.6 is 0 Å². The lowest BCUT2D eigenvalue weighted by molar-refractivity contribution is -0.378. The number of amides is 2. The molecule has 0 aromatic heterocycles. The second-order valence-electron chi connectivity index (χ2n) is 16.2. The molecule has 5 aliphatic rings. The second kappa shape index (κ2) is 22.9. The van der Waals surface area contributed by atoms with E-state index in [1.807, 2.05) is 0 Å². The summed E-state index contributed by atoms with van der Waals surface area (Å²) in [7, 11) is 1.13. The minimum absolute atomic E-state index is 0.598. The van der Waals surface area contributed by atoms with Crippen molar-refractivity contribution in [3.63, 3.8) is 0 Å².